The van der Waals surface area contributed by atoms with E-state index in [9.17, 15) is 24.3 Å². The van der Waals surface area contributed by atoms with E-state index in [4.69, 9.17) is 14.6 Å². The van der Waals surface area contributed by atoms with E-state index in [-0.39, 0.29) is 39.7 Å². The summed E-state index contributed by atoms with van der Waals surface area (Å²) in [5.41, 5.74) is -0.176. The molecule has 0 aromatic heterocycles. The molecule has 0 bridgehead atoms. The number of carbonyl (C=O) groups is 4. The van der Waals surface area contributed by atoms with Crippen LogP contribution in [0.2, 0.25) is 0 Å². The summed E-state index contributed by atoms with van der Waals surface area (Å²) in [6.07, 6.45) is 0. The maximum atomic E-state index is 12.8. The lowest BCUT2D eigenvalue weighted by Gasteiger charge is -2.21. The van der Waals surface area contributed by atoms with Crippen LogP contribution < -0.4 is 10.1 Å². The van der Waals surface area contributed by atoms with Crippen LogP contribution in [0.5, 0.6) is 11.5 Å². The van der Waals surface area contributed by atoms with Gasteiger partial charge in [-0.15, -0.1) is 0 Å². The number of methoxy groups -OCH3 is 2. The molecule has 1 atom stereocenters. The number of aliphatic carboxylic acids is 1. The quantitative estimate of drug-likeness (QED) is 0.574. The molecule has 0 spiro atoms. The molecule has 10 heteroatoms. The van der Waals surface area contributed by atoms with Gasteiger partial charge < -0.3 is 25.0 Å². The van der Waals surface area contributed by atoms with Crippen molar-refractivity contribution in [3.8, 4) is 11.5 Å². The molecule has 3 N–H and O–H groups in total. The zero-order valence-corrected chi connectivity index (χ0v) is 16.2. The summed E-state index contributed by atoms with van der Waals surface area (Å²) >= 11 is 1.04. The summed E-state index contributed by atoms with van der Waals surface area (Å²) in [5.74, 6) is -3.32. The van der Waals surface area contributed by atoms with E-state index in [1.807, 2.05) is 0 Å². The predicted octanol–water partition coefficient (Wildman–Crippen LogP) is 1.00. The topological polar surface area (TPSA) is 139 Å². The van der Waals surface area contributed by atoms with Crippen LogP contribution >= 0.6 is 11.8 Å². The molecule has 2 rings (SSSR count). The summed E-state index contributed by atoms with van der Waals surface area (Å²) in [4.78, 5) is 47.8. The summed E-state index contributed by atoms with van der Waals surface area (Å²) in [5, 5.41) is 21.6. The fourth-order valence-electron chi connectivity index (χ4n) is 2.70. The second-order valence-corrected chi connectivity index (χ2v) is 6.88. The van der Waals surface area contributed by atoms with E-state index >= 15 is 0 Å². The minimum absolute atomic E-state index is 0.0115. The van der Waals surface area contributed by atoms with Gasteiger partial charge >= 0.3 is 5.97 Å². The van der Waals surface area contributed by atoms with Gasteiger partial charge in [0.05, 0.1) is 25.4 Å². The lowest BCUT2D eigenvalue weighted by molar-refractivity contribution is -0.140. The largest absolute Gasteiger partial charge is 0.507 e. The van der Waals surface area contributed by atoms with Gasteiger partial charge in [-0.1, -0.05) is 0 Å². The third-order valence-corrected chi connectivity index (χ3v) is 5.03. The van der Waals surface area contributed by atoms with Crippen LogP contribution in [0.3, 0.4) is 0 Å². The Morgan fingerprint density at radius 1 is 1.18 bits per heavy atom. The number of carbonyl (C=O) groups excluding carboxylic acids is 3. The molecule has 1 amide bonds. The maximum absolute atomic E-state index is 12.8. The average molecular weight is 409 g/mol. The Kier molecular flexibility index (Phi) is 6.68. The number of phenolic OH excluding ortho intramolecular Hbond substituents is 1. The van der Waals surface area contributed by atoms with Gasteiger partial charge in [0.15, 0.2) is 11.5 Å². The van der Waals surface area contributed by atoms with Crippen LogP contribution in [0.15, 0.2) is 23.5 Å². The first-order valence-electron chi connectivity index (χ1n) is 8.06. The number of thioether (sulfide) groups is 1. The van der Waals surface area contributed by atoms with Crippen molar-refractivity contribution in [1.29, 1.82) is 0 Å². The van der Waals surface area contributed by atoms with Crippen LogP contribution in [-0.4, -0.2) is 65.4 Å². The van der Waals surface area contributed by atoms with Gasteiger partial charge in [0, 0.05) is 30.1 Å². The summed E-state index contributed by atoms with van der Waals surface area (Å²) < 4.78 is 10.1. The smallest absolute Gasteiger partial charge is 0.327 e. The number of carboxylic acid groups (broad SMARTS) is 1. The number of phenols is 1. The first kappa shape index (κ1) is 21.3. The van der Waals surface area contributed by atoms with Crippen LogP contribution in [0.1, 0.15) is 27.6 Å². The fourth-order valence-corrected chi connectivity index (χ4v) is 3.74. The molecule has 0 heterocycles. The molecule has 0 fully saturated rings. The normalized spacial score (nSPS) is 14.4. The number of fused-ring (bicyclic) bond motifs is 1. The van der Waals surface area contributed by atoms with Crippen molar-refractivity contribution in [1.82, 2.24) is 5.32 Å². The highest BCUT2D eigenvalue weighted by atomic mass is 32.2. The SMILES string of the molecule is COC1=C(CSC[C@H](NC(C)=O)C(=O)O)C(=O)c2c(O)cc(OC)cc2C1=O. The standard InChI is InChI=1S/C18H19NO8S/c1-8(20)19-12(18(24)25)7-28-6-11-15(22)14-10(16(23)17(11)27-3)4-9(26-2)5-13(14)21/h4-5,12,21H,6-7H2,1-3H3,(H,19,20)(H,24,25)/t12-/m0/s1. The molecule has 0 saturated carbocycles. The van der Waals surface area contributed by atoms with Gasteiger partial charge in [-0.05, 0) is 6.07 Å². The number of allylic oxidation sites excluding steroid dienone is 1. The van der Waals surface area contributed by atoms with E-state index in [0.29, 0.717) is 0 Å². The monoisotopic (exact) mass is 409 g/mol. The number of hydrogen-bond donors (Lipinski definition) is 3. The van der Waals surface area contributed by atoms with Crippen molar-refractivity contribution in [3.63, 3.8) is 0 Å². The molecule has 28 heavy (non-hydrogen) atoms. The maximum Gasteiger partial charge on any atom is 0.327 e. The molecule has 150 valence electrons. The highest BCUT2D eigenvalue weighted by molar-refractivity contribution is 7.99. The Bertz CT molecular complexity index is 877. The van der Waals surface area contributed by atoms with Crippen molar-refractivity contribution in [3.05, 3.63) is 34.6 Å². The van der Waals surface area contributed by atoms with Crippen LogP contribution in [0, 0.1) is 0 Å². The summed E-state index contributed by atoms with van der Waals surface area (Å²) in [7, 11) is 2.60. The number of aromatic hydroxyl groups is 1. The molecule has 1 aromatic carbocycles. The molecule has 0 aliphatic heterocycles. The minimum Gasteiger partial charge on any atom is -0.507 e. The Morgan fingerprint density at radius 3 is 2.39 bits per heavy atom. The Labute approximate surface area is 164 Å². The van der Waals surface area contributed by atoms with E-state index in [2.05, 4.69) is 5.32 Å². The van der Waals surface area contributed by atoms with Gasteiger partial charge in [-0.3, -0.25) is 14.4 Å². The molecule has 0 radical (unpaired) electrons. The summed E-state index contributed by atoms with van der Waals surface area (Å²) in [6.45, 7) is 1.20. The summed E-state index contributed by atoms with van der Waals surface area (Å²) in [6, 6.07) is 1.42. The van der Waals surface area contributed by atoms with Crippen LogP contribution in [0.25, 0.3) is 0 Å². The molecule has 0 unspecified atom stereocenters. The van der Waals surface area contributed by atoms with Gasteiger partial charge in [0.1, 0.15) is 17.5 Å². The van der Waals surface area contributed by atoms with Gasteiger partial charge in [-0.2, -0.15) is 11.8 Å². The third kappa shape index (κ3) is 4.28. The van der Waals surface area contributed by atoms with E-state index in [1.165, 1.54) is 33.3 Å². The van der Waals surface area contributed by atoms with E-state index in [1.54, 1.807) is 0 Å². The second-order valence-electron chi connectivity index (χ2n) is 5.85. The number of ketones is 2. The zero-order valence-electron chi connectivity index (χ0n) is 15.4. The molecule has 0 saturated heterocycles. The molecular weight excluding hydrogens is 390 g/mol. The van der Waals surface area contributed by atoms with Crippen molar-refractivity contribution >= 4 is 35.2 Å². The average Bonchev–Trinajstić information content (AvgIpc) is 2.63. The predicted molar refractivity (Wildman–Crippen MR) is 99.9 cm³/mol. The number of amides is 1. The van der Waals surface area contributed by atoms with Crippen molar-refractivity contribution in [2.75, 3.05) is 25.7 Å². The van der Waals surface area contributed by atoms with Crippen molar-refractivity contribution < 1.29 is 38.9 Å². The van der Waals surface area contributed by atoms with Crippen molar-refractivity contribution in [2.24, 2.45) is 0 Å². The highest BCUT2D eigenvalue weighted by Gasteiger charge is 2.36. The Morgan fingerprint density at radius 2 is 1.86 bits per heavy atom. The number of nitrogens with one attached hydrogen (secondary N) is 1. The lowest BCUT2D eigenvalue weighted by Crippen LogP contribution is -2.41. The van der Waals surface area contributed by atoms with Crippen molar-refractivity contribution in [2.45, 2.75) is 13.0 Å². The third-order valence-electron chi connectivity index (χ3n) is 3.96. The van der Waals surface area contributed by atoms with Gasteiger partial charge in [-0.25, -0.2) is 4.79 Å². The molecule has 9 nitrogen and oxygen atoms in total. The highest BCUT2D eigenvalue weighted by Crippen LogP contribution is 2.36. The Hall–Kier alpha value is -3.01. The molecular formula is C18H19NO8S. The molecule has 1 aliphatic carbocycles. The molecule has 1 aliphatic rings. The van der Waals surface area contributed by atoms with E-state index < -0.39 is 35.2 Å². The van der Waals surface area contributed by atoms with Gasteiger partial charge in [0.2, 0.25) is 11.7 Å². The fraction of sp³-hybridized carbons (Fsp3) is 0.333. The first-order valence-corrected chi connectivity index (χ1v) is 9.21. The Balaban J connectivity index is 2.29. The second kappa shape index (κ2) is 8.79. The number of hydrogen-bond acceptors (Lipinski definition) is 8. The number of Topliss-reactive ketones (excluding diaryl/α,β-unsaturated/α-hetero) is 2. The van der Waals surface area contributed by atoms with Crippen LogP contribution in [-0.2, 0) is 14.3 Å². The number of ether oxygens (including phenoxy) is 2. The van der Waals surface area contributed by atoms with Gasteiger partial charge in [0.25, 0.3) is 0 Å². The van der Waals surface area contributed by atoms with Crippen LogP contribution in [0.4, 0.5) is 0 Å². The number of rotatable bonds is 8. The zero-order chi connectivity index (χ0) is 21.0. The van der Waals surface area contributed by atoms with E-state index in [0.717, 1.165) is 11.8 Å². The minimum atomic E-state index is -1.22. The number of carboxylic acids is 1. The molecule has 1 aromatic rings. The lowest BCUT2D eigenvalue weighted by atomic mass is 9.88. The number of benzene rings is 1. The first-order chi connectivity index (χ1) is 13.2.